The molecular formula is C18H26ClFN2O. The number of benzene rings is 1. The average Bonchev–Trinajstić information content (AvgIpc) is 2.96. The van der Waals surface area contributed by atoms with Gasteiger partial charge in [0.05, 0.1) is 0 Å². The Morgan fingerprint density at radius 3 is 2.61 bits per heavy atom. The molecule has 0 aromatic heterocycles. The minimum atomic E-state index is -0.229. The third-order valence-electron chi connectivity index (χ3n) is 5.20. The fourth-order valence-electron chi connectivity index (χ4n) is 3.56. The van der Waals surface area contributed by atoms with Crippen LogP contribution in [0.5, 0.6) is 0 Å². The van der Waals surface area contributed by atoms with Crippen LogP contribution in [0.4, 0.5) is 4.39 Å². The largest absolute Gasteiger partial charge is 0.335 e. The van der Waals surface area contributed by atoms with Crippen molar-refractivity contribution in [2.24, 2.45) is 11.8 Å². The van der Waals surface area contributed by atoms with Gasteiger partial charge in [-0.25, -0.2) is 4.39 Å². The maximum atomic E-state index is 13.4. The Kier molecular flexibility index (Phi) is 6.42. The molecule has 1 aromatic rings. The van der Waals surface area contributed by atoms with E-state index in [4.69, 9.17) is 0 Å². The van der Waals surface area contributed by atoms with Gasteiger partial charge in [0.15, 0.2) is 0 Å². The van der Waals surface area contributed by atoms with Crippen molar-refractivity contribution in [1.82, 2.24) is 10.2 Å². The van der Waals surface area contributed by atoms with Gasteiger partial charge in [0, 0.05) is 18.5 Å². The molecule has 1 aliphatic heterocycles. The number of nitrogens with one attached hydrogen (secondary N) is 1. The van der Waals surface area contributed by atoms with Crippen LogP contribution in [-0.4, -0.2) is 29.9 Å². The lowest BCUT2D eigenvalue weighted by Gasteiger charge is -2.37. The van der Waals surface area contributed by atoms with Gasteiger partial charge in [-0.3, -0.25) is 4.79 Å². The van der Waals surface area contributed by atoms with E-state index < -0.39 is 0 Å². The molecule has 1 heterocycles. The van der Waals surface area contributed by atoms with E-state index in [1.54, 1.807) is 12.1 Å². The second kappa shape index (κ2) is 8.11. The quantitative estimate of drug-likeness (QED) is 0.891. The van der Waals surface area contributed by atoms with Crippen molar-refractivity contribution < 1.29 is 9.18 Å². The predicted molar refractivity (Wildman–Crippen MR) is 92.0 cm³/mol. The second-order valence-corrected chi connectivity index (χ2v) is 6.74. The van der Waals surface area contributed by atoms with Crippen LogP contribution in [-0.2, 0) is 11.3 Å². The molecule has 1 atom stereocenters. The molecule has 5 heteroatoms. The lowest BCUT2D eigenvalue weighted by Crippen LogP contribution is -2.51. The van der Waals surface area contributed by atoms with E-state index in [2.05, 4.69) is 5.32 Å². The predicted octanol–water partition coefficient (Wildman–Crippen LogP) is 3.37. The van der Waals surface area contributed by atoms with Crippen LogP contribution in [0.1, 0.15) is 38.2 Å². The van der Waals surface area contributed by atoms with Crippen LogP contribution in [0.25, 0.3) is 0 Å². The molecule has 1 aliphatic carbocycles. The standard InChI is InChI=1S/C18H25FN2O.ClH/c1-13(15-10-20-11-15)18(22)21(17-7-2-3-8-17)12-14-5-4-6-16(19)9-14;/h4-6,9,13,15,17,20H,2-3,7-8,10-12H2,1H3;1H. The highest BCUT2D eigenvalue weighted by Crippen LogP contribution is 2.28. The molecule has 1 saturated carbocycles. The highest BCUT2D eigenvalue weighted by Gasteiger charge is 2.35. The molecule has 1 aromatic carbocycles. The summed E-state index contributed by atoms with van der Waals surface area (Å²) in [6.07, 6.45) is 4.54. The minimum Gasteiger partial charge on any atom is -0.335 e. The maximum Gasteiger partial charge on any atom is 0.226 e. The van der Waals surface area contributed by atoms with E-state index in [-0.39, 0.29) is 30.0 Å². The number of carbonyl (C=O) groups excluding carboxylic acids is 1. The van der Waals surface area contributed by atoms with Crippen molar-refractivity contribution in [2.45, 2.75) is 45.2 Å². The Bertz CT molecular complexity index is 530. The Balaban J connectivity index is 0.00000192. The first kappa shape index (κ1) is 18.2. The number of amides is 1. The zero-order chi connectivity index (χ0) is 15.5. The second-order valence-electron chi connectivity index (χ2n) is 6.74. The number of hydrogen-bond donors (Lipinski definition) is 1. The first-order valence-corrected chi connectivity index (χ1v) is 8.41. The molecule has 23 heavy (non-hydrogen) atoms. The molecule has 2 aliphatic rings. The van der Waals surface area contributed by atoms with Crippen LogP contribution in [0.2, 0.25) is 0 Å². The molecule has 128 valence electrons. The SMILES string of the molecule is CC(C(=O)N(Cc1cccc(F)c1)C1CCCC1)C1CNC1.Cl. The molecule has 2 fully saturated rings. The summed E-state index contributed by atoms with van der Waals surface area (Å²) in [7, 11) is 0. The summed E-state index contributed by atoms with van der Waals surface area (Å²) in [5.74, 6) is 0.509. The highest BCUT2D eigenvalue weighted by atomic mass is 35.5. The third kappa shape index (κ3) is 4.24. The summed E-state index contributed by atoms with van der Waals surface area (Å²) in [5.41, 5.74) is 0.888. The van der Waals surface area contributed by atoms with Crippen molar-refractivity contribution in [3.05, 3.63) is 35.6 Å². The molecule has 1 unspecified atom stereocenters. The molecule has 0 radical (unpaired) electrons. The lowest BCUT2D eigenvalue weighted by atomic mass is 9.87. The van der Waals surface area contributed by atoms with Crippen molar-refractivity contribution >= 4 is 18.3 Å². The van der Waals surface area contributed by atoms with Gasteiger partial charge in [-0.2, -0.15) is 0 Å². The summed E-state index contributed by atoms with van der Waals surface area (Å²) in [5, 5.41) is 3.24. The van der Waals surface area contributed by atoms with Crippen molar-refractivity contribution in [1.29, 1.82) is 0 Å². The minimum absolute atomic E-state index is 0. The number of hydrogen-bond acceptors (Lipinski definition) is 2. The van der Waals surface area contributed by atoms with Gasteiger partial charge in [-0.1, -0.05) is 31.9 Å². The first-order chi connectivity index (χ1) is 10.6. The van der Waals surface area contributed by atoms with Crippen LogP contribution < -0.4 is 5.32 Å². The van der Waals surface area contributed by atoms with Crippen LogP contribution >= 0.6 is 12.4 Å². The maximum absolute atomic E-state index is 13.4. The Hall–Kier alpha value is -1.13. The summed E-state index contributed by atoms with van der Waals surface area (Å²) < 4.78 is 13.4. The summed E-state index contributed by atoms with van der Waals surface area (Å²) in [6.45, 7) is 4.45. The fourth-order valence-corrected chi connectivity index (χ4v) is 3.56. The molecule has 3 rings (SSSR count). The van der Waals surface area contributed by atoms with E-state index >= 15 is 0 Å². The molecule has 0 bridgehead atoms. The summed E-state index contributed by atoms with van der Waals surface area (Å²) >= 11 is 0. The number of carbonyl (C=O) groups is 1. The van der Waals surface area contributed by atoms with Crippen LogP contribution in [0, 0.1) is 17.7 Å². The van der Waals surface area contributed by atoms with Gasteiger partial charge in [-0.15, -0.1) is 12.4 Å². The van der Waals surface area contributed by atoms with Crippen molar-refractivity contribution in [3.8, 4) is 0 Å². The van der Waals surface area contributed by atoms with Gasteiger partial charge in [0.25, 0.3) is 0 Å². The van der Waals surface area contributed by atoms with Crippen molar-refractivity contribution in [3.63, 3.8) is 0 Å². The van der Waals surface area contributed by atoms with E-state index in [1.807, 2.05) is 17.9 Å². The number of halogens is 2. The van der Waals surface area contributed by atoms with Crippen LogP contribution in [0.15, 0.2) is 24.3 Å². The van der Waals surface area contributed by atoms with E-state index in [0.717, 1.165) is 31.5 Å². The lowest BCUT2D eigenvalue weighted by molar-refractivity contribution is -0.140. The highest BCUT2D eigenvalue weighted by molar-refractivity contribution is 5.85. The Labute approximate surface area is 144 Å². The first-order valence-electron chi connectivity index (χ1n) is 8.41. The molecule has 0 spiro atoms. The van der Waals surface area contributed by atoms with E-state index in [9.17, 15) is 9.18 Å². The van der Waals surface area contributed by atoms with Gasteiger partial charge < -0.3 is 10.2 Å². The average molecular weight is 341 g/mol. The third-order valence-corrected chi connectivity index (χ3v) is 5.20. The Morgan fingerprint density at radius 1 is 1.35 bits per heavy atom. The van der Waals surface area contributed by atoms with Gasteiger partial charge in [0.2, 0.25) is 5.91 Å². The zero-order valence-corrected chi connectivity index (χ0v) is 14.4. The summed E-state index contributed by atoms with van der Waals surface area (Å²) in [6, 6.07) is 6.96. The monoisotopic (exact) mass is 340 g/mol. The van der Waals surface area contributed by atoms with Gasteiger partial charge in [-0.05, 0) is 49.5 Å². The molecule has 1 N–H and O–H groups in total. The number of nitrogens with zero attached hydrogens (tertiary/aromatic N) is 1. The van der Waals surface area contributed by atoms with Gasteiger partial charge >= 0.3 is 0 Å². The van der Waals surface area contributed by atoms with Gasteiger partial charge in [0.1, 0.15) is 5.82 Å². The molecule has 1 amide bonds. The molecule has 1 saturated heterocycles. The Morgan fingerprint density at radius 2 is 2.04 bits per heavy atom. The zero-order valence-electron chi connectivity index (χ0n) is 13.6. The topological polar surface area (TPSA) is 32.3 Å². The van der Waals surface area contributed by atoms with E-state index in [0.29, 0.717) is 18.5 Å². The summed E-state index contributed by atoms with van der Waals surface area (Å²) in [4.78, 5) is 15.0. The molecule has 3 nitrogen and oxygen atoms in total. The van der Waals surface area contributed by atoms with E-state index in [1.165, 1.54) is 18.9 Å². The fraction of sp³-hybridized carbons (Fsp3) is 0.611. The number of rotatable bonds is 5. The molecular weight excluding hydrogens is 315 g/mol. The normalized spacial score (nSPS) is 19.7. The van der Waals surface area contributed by atoms with Crippen molar-refractivity contribution in [2.75, 3.05) is 13.1 Å². The smallest absolute Gasteiger partial charge is 0.226 e. The van der Waals surface area contributed by atoms with Crippen LogP contribution in [0.3, 0.4) is 0 Å².